The van der Waals surface area contributed by atoms with Crippen molar-refractivity contribution in [3.05, 3.63) is 11.8 Å². The summed E-state index contributed by atoms with van der Waals surface area (Å²) in [6, 6.07) is 1.23. The van der Waals surface area contributed by atoms with Gasteiger partial charge in [-0.2, -0.15) is 5.26 Å². The van der Waals surface area contributed by atoms with Crippen LogP contribution in [0.25, 0.3) is 0 Å². The van der Waals surface area contributed by atoms with Crippen LogP contribution in [-0.4, -0.2) is 11.1 Å². The van der Waals surface area contributed by atoms with Gasteiger partial charge in [0.15, 0.2) is 11.9 Å². The molecule has 0 unspecified atom stereocenters. The van der Waals surface area contributed by atoms with Crippen molar-refractivity contribution < 1.29 is 9.32 Å². The second-order valence-corrected chi connectivity index (χ2v) is 1.68. The molecule has 11 heavy (non-hydrogen) atoms. The number of nitrogens with two attached hydrogens (primary N) is 1. The molecule has 0 radical (unpaired) electrons. The molecule has 1 aromatic heterocycles. The highest BCUT2D eigenvalue weighted by Crippen LogP contribution is 2.03. The lowest BCUT2D eigenvalue weighted by Gasteiger charge is -1.85. The monoisotopic (exact) mass is 152 g/mol. The zero-order valence-electron chi connectivity index (χ0n) is 5.37. The number of nitrogens with one attached hydrogen (secondary N) is 1. The smallest absolute Gasteiger partial charge is 0.286 e. The average molecular weight is 152 g/mol. The summed E-state index contributed by atoms with van der Waals surface area (Å²) in [5.74, 6) is -0.596. The number of nitriles is 1. The van der Waals surface area contributed by atoms with Crippen LogP contribution in [0.4, 0.5) is 5.88 Å². The van der Waals surface area contributed by atoms with E-state index in [1.165, 1.54) is 12.3 Å². The molecule has 0 aliphatic rings. The Kier molecular flexibility index (Phi) is 1.74. The summed E-state index contributed by atoms with van der Waals surface area (Å²) >= 11 is 0. The fourth-order valence-corrected chi connectivity index (χ4v) is 0.511. The van der Waals surface area contributed by atoms with Crippen molar-refractivity contribution in [1.82, 2.24) is 10.5 Å². The lowest BCUT2D eigenvalue weighted by atomic mass is 10.4. The molecule has 1 aromatic rings. The van der Waals surface area contributed by atoms with Gasteiger partial charge in [0.1, 0.15) is 0 Å². The van der Waals surface area contributed by atoms with Crippen molar-refractivity contribution in [2.24, 2.45) is 0 Å². The minimum absolute atomic E-state index is 0.0101. The second-order valence-electron chi connectivity index (χ2n) is 1.68. The molecule has 0 fully saturated rings. The van der Waals surface area contributed by atoms with Gasteiger partial charge in [0.25, 0.3) is 5.91 Å². The number of hydrogen-bond acceptors (Lipinski definition) is 5. The molecule has 0 aliphatic heterocycles. The van der Waals surface area contributed by atoms with Crippen LogP contribution in [0, 0.1) is 11.5 Å². The third-order valence-corrected chi connectivity index (χ3v) is 0.930. The molecule has 56 valence electrons. The van der Waals surface area contributed by atoms with Gasteiger partial charge in [-0.25, -0.2) is 0 Å². The van der Waals surface area contributed by atoms with Crippen LogP contribution in [0.15, 0.2) is 10.6 Å². The maximum absolute atomic E-state index is 10.7. The highest BCUT2D eigenvalue weighted by molar-refractivity contribution is 5.93. The van der Waals surface area contributed by atoms with Gasteiger partial charge in [0, 0.05) is 6.07 Å². The quantitative estimate of drug-likeness (QED) is 0.415. The Morgan fingerprint density at radius 2 is 2.64 bits per heavy atom. The highest BCUT2D eigenvalue weighted by atomic mass is 16.5. The largest absolute Gasteiger partial charge is 0.368 e. The van der Waals surface area contributed by atoms with E-state index >= 15 is 0 Å². The maximum Gasteiger partial charge on any atom is 0.286 e. The Labute approximate surface area is 61.6 Å². The van der Waals surface area contributed by atoms with E-state index in [0.717, 1.165) is 0 Å². The first-order chi connectivity index (χ1) is 5.24. The van der Waals surface area contributed by atoms with E-state index < -0.39 is 5.91 Å². The summed E-state index contributed by atoms with van der Waals surface area (Å²) in [6.45, 7) is 0. The van der Waals surface area contributed by atoms with E-state index in [-0.39, 0.29) is 11.6 Å². The van der Waals surface area contributed by atoms with Crippen LogP contribution in [0.2, 0.25) is 0 Å². The molecule has 1 rings (SSSR count). The molecule has 0 aliphatic carbocycles. The Bertz CT molecular complexity index is 311. The molecule has 0 spiro atoms. The van der Waals surface area contributed by atoms with Gasteiger partial charge in [-0.15, -0.1) is 0 Å². The zero-order chi connectivity index (χ0) is 8.27. The zero-order valence-corrected chi connectivity index (χ0v) is 5.37. The maximum atomic E-state index is 10.7. The van der Waals surface area contributed by atoms with E-state index in [4.69, 9.17) is 11.0 Å². The van der Waals surface area contributed by atoms with Crippen LogP contribution in [0.3, 0.4) is 0 Å². The predicted octanol–water partition coefficient (Wildman–Crippen LogP) is -0.532. The van der Waals surface area contributed by atoms with Gasteiger partial charge in [0.2, 0.25) is 5.88 Å². The average Bonchev–Trinajstić information content (AvgIpc) is 2.36. The third-order valence-electron chi connectivity index (χ3n) is 0.930. The first kappa shape index (κ1) is 7.08. The van der Waals surface area contributed by atoms with Gasteiger partial charge < -0.3 is 10.3 Å². The molecule has 3 N–H and O–H groups in total. The molecule has 6 nitrogen and oxygen atoms in total. The van der Waals surface area contributed by atoms with Crippen molar-refractivity contribution in [3.63, 3.8) is 0 Å². The number of nitrogen functional groups attached to an aromatic ring is 1. The Balaban J connectivity index is 2.78. The first-order valence-electron chi connectivity index (χ1n) is 2.65. The Morgan fingerprint density at radius 1 is 1.91 bits per heavy atom. The summed E-state index contributed by atoms with van der Waals surface area (Å²) in [5.41, 5.74) is 5.11. The van der Waals surface area contributed by atoms with Crippen LogP contribution < -0.4 is 11.1 Å². The molecule has 0 saturated carbocycles. The predicted molar refractivity (Wildman–Crippen MR) is 34.0 cm³/mol. The topological polar surface area (TPSA) is 105 Å². The first-order valence-corrected chi connectivity index (χ1v) is 2.65. The van der Waals surface area contributed by atoms with Gasteiger partial charge in [-0.05, 0) is 0 Å². The van der Waals surface area contributed by atoms with Gasteiger partial charge in [-0.3, -0.25) is 10.1 Å². The van der Waals surface area contributed by atoms with E-state index in [1.807, 2.05) is 5.32 Å². The molecule has 1 heterocycles. The lowest BCUT2D eigenvalue weighted by molar-refractivity contribution is 0.0964. The molecule has 0 saturated heterocycles. The fraction of sp³-hybridized carbons (Fsp3) is 0. The summed E-state index contributed by atoms with van der Waals surface area (Å²) < 4.78 is 4.39. The summed E-state index contributed by atoms with van der Waals surface area (Å²) in [6.07, 6.45) is 1.45. The molecule has 0 atom stereocenters. The lowest BCUT2D eigenvalue weighted by Crippen LogP contribution is -2.17. The van der Waals surface area contributed by atoms with Gasteiger partial charge >= 0.3 is 0 Å². The number of amides is 1. The van der Waals surface area contributed by atoms with Crippen molar-refractivity contribution in [2.75, 3.05) is 5.73 Å². The summed E-state index contributed by atoms with van der Waals surface area (Å²) in [7, 11) is 0. The summed E-state index contributed by atoms with van der Waals surface area (Å²) in [5, 5.41) is 13.2. The van der Waals surface area contributed by atoms with Crippen molar-refractivity contribution in [3.8, 4) is 6.19 Å². The number of hydrogen-bond donors (Lipinski definition) is 2. The molecule has 1 amide bonds. The minimum Gasteiger partial charge on any atom is -0.368 e. The minimum atomic E-state index is -0.632. The number of rotatable bonds is 1. The number of aromatic nitrogens is 1. The molecule has 0 bridgehead atoms. The Hall–Kier alpha value is -2.03. The van der Waals surface area contributed by atoms with E-state index in [9.17, 15) is 4.79 Å². The highest BCUT2D eigenvalue weighted by Gasteiger charge is 2.09. The summed E-state index contributed by atoms with van der Waals surface area (Å²) in [4.78, 5) is 10.7. The van der Waals surface area contributed by atoms with Crippen LogP contribution >= 0.6 is 0 Å². The number of anilines is 1. The molecular weight excluding hydrogens is 148 g/mol. The molecule has 6 heteroatoms. The number of carbonyl (C=O) groups excluding carboxylic acids is 1. The van der Waals surface area contributed by atoms with Gasteiger partial charge in [0.05, 0.1) is 0 Å². The SMILES string of the molecule is N#CNC(=O)c1cc(N)on1. The number of carbonyl (C=O) groups is 1. The van der Waals surface area contributed by atoms with Crippen LogP contribution in [0.5, 0.6) is 0 Å². The van der Waals surface area contributed by atoms with Crippen molar-refractivity contribution in [2.45, 2.75) is 0 Å². The molecular formula is C5H4N4O2. The second kappa shape index (κ2) is 2.70. The standard InChI is InChI=1S/C5H4N4O2/c6-2-8-5(10)3-1-4(7)11-9-3/h1H,7H2,(H,8,10). The van der Waals surface area contributed by atoms with Crippen LogP contribution in [-0.2, 0) is 0 Å². The van der Waals surface area contributed by atoms with Crippen molar-refractivity contribution >= 4 is 11.8 Å². The van der Waals surface area contributed by atoms with E-state index in [2.05, 4.69) is 9.68 Å². The van der Waals surface area contributed by atoms with Crippen molar-refractivity contribution in [1.29, 1.82) is 5.26 Å². The third kappa shape index (κ3) is 1.46. The molecule has 0 aromatic carbocycles. The van der Waals surface area contributed by atoms with E-state index in [0.29, 0.717) is 0 Å². The van der Waals surface area contributed by atoms with Gasteiger partial charge in [-0.1, -0.05) is 5.16 Å². The fourth-order valence-electron chi connectivity index (χ4n) is 0.511. The van der Waals surface area contributed by atoms with E-state index in [1.54, 1.807) is 0 Å². The van der Waals surface area contributed by atoms with Crippen LogP contribution in [0.1, 0.15) is 10.5 Å². The Morgan fingerprint density at radius 3 is 3.09 bits per heavy atom. The number of nitrogens with zero attached hydrogens (tertiary/aromatic N) is 2. The normalized spacial score (nSPS) is 8.64.